The molecule has 5 nitrogen and oxygen atoms in total. The van der Waals surface area contributed by atoms with Gasteiger partial charge in [0, 0.05) is 12.2 Å². The predicted molar refractivity (Wildman–Crippen MR) is 79.2 cm³/mol. The first-order valence-corrected chi connectivity index (χ1v) is 8.22. The molecule has 1 atom stereocenters. The first-order valence-electron chi connectivity index (χ1n) is 6.83. The minimum absolute atomic E-state index is 0.296. The fraction of sp³-hybridized carbons (Fsp3) is 0.571. The SMILES string of the molecule is CSCCC(NC(=O)c1cccn1C1CCC1)C(=O)O. The minimum atomic E-state index is -0.978. The third kappa shape index (κ3) is 3.36. The summed E-state index contributed by atoms with van der Waals surface area (Å²) in [5, 5.41) is 11.8. The molecule has 0 spiro atoms. The Kier molecular flexibility index (Phi) is 5.11. The highest BCUT2D eigenvalue weighted by atomic mass is 32.2. The van der Waals surface area contributed by atoms with Crippen molar-refractivity contribution < 1.29 is 14.7 Å². The third-order valence-electron chi connectivity index (χ3n) is 3.69. The van der Waals surface area contributed by atoms with Crippen molar-refractivity contribution in [2.24, 2.45) is 0 Å². The van der Waals surface area contributed by atoms with Gasteiger partial charge in [-0.3, -0.25) is 4.79 Å². The number of carboxylic acid groups (broad SMARTS) is 1. The summed E-state index contributed by atoms with van der Waals surface area (Å²) in [4.78, 5) is 23.4. The van der Waals surface area contributed by atoms with Gasteiger partial charge in [-0.25, -0.2) is 4.79 Å². The van der Waals surface area contributed by atoms with E-state index >= 15 is 0 Å². The lowest BCUT2D eigenvalue weighted by molar-refractivity contribution is -0.139. The Morgan fingerprint density at radius 3 is 2.85 bits per heavy atom. The Morgan fingerprint density at radius 1 is 1.55 bits per heavy atom. The van der Waals surface area contributed by atoms with Gasteiger partial charge < -0.3 is 15.0 Å². The molecule has 1 aromatic heterocycles. The van der Waals surface area contributed by atoms with Crippen LogP contribution < -0.4 is 5.32 Å². The second-order valence-corrected chi connectivity index (χ2v) is 6.02. The number of rotatable bonds is 7. The topological polar surface area (TPSA) is 71.3 Å². The summed E-state index contributed by atoms with van der Waals surface area (Å²) in [6.07, 6.45) is 7.62. The molecule has 1 fully saturated rings. The van der Waals surface area contributed by atoms with E-state index in [0.717, 1.165) is 12.8 Å². The molecule has 0 aromatic carbocycles. The van der Waals surface area contributed by atoms with Crippen molar-refractivity contribution in [3.05, 3.63) is 24.0 Å². The number of aliphatic carboxylic acids is 1. The molecule has 1 aromatic rings. The van der Waals surface area contributed by atoms with Crippen LogP contribution in [-0.4, -0.2) is 39.6 Å². The number of aromatic nitrogens is 1. The molecule has 1 saturated carbocycles. The van der Waals surface area contributed by atoms with E-state index in [-0.39, 0.29) is 5.91 Å². The maximum atomic E-state index is 12.2. The van der Waals surface area contributed by atoms with Crippen LogP contribution in [-0.2, 0) is 4.79 Å². The van der Waals surface area contributed by atoms with Crippen molar-refractivity contribution in [1.82, 2.24) is 9.88 Å². The molecule has 1 aliphatic rings. The van der Waals surface area contributed by atoms with Crippen LogP contribution in [0.5, 0.6) is 0 Å². The van der Waals surface area contributed by atoms with Gasteiger partial charge in [-0.05, 0) is 49.8 Å². The summed E-state index contributed by atoms with van der Waals surface area (Å²) in [6.45, 7) is 0. The number of hydrogen-bond acceptors (Lipinski definition) is 3. The monoisotopic (exact) mass is 296 g/mol. The van der Waals surface area contributed by atoms with Gasteiger partial charge in [0.1, 0.15) is 11.7 Å². The molecule has 0 bridgehead atoms. The van der Waals surface area contributed by atoms with Gasteiger partial charge in [0.25, 0.3) is 5.91 Å². The first kappa shape index (κ1) is 15.0. The van der Waals surface area contributed by atoms with Gasteiger partial charge in [-0.15, -0.1) is 0 Å². The Balaban J connectivity index is 2.02. The maximum absolute atomic E-state index is 12.2. The van der Waals surface area contributed by atoms with Gasteiger partial charge in [0.2, 0.25) is 0 Å². The summed E-state index contributed by atoms with van der Waals surface area (Å²) in [7, 11) is 0. The molecule has 1 aliphatic carbocycles. The Bertz CT molecular complexity index is 483. The fourth-order valence-electron chi connectivity index (χ4n) is 2.29. The Hall–Kier alpha value is -1.43. The summed E-state index contributed by atoms with van der Waals surface area (Å²) >= 11 is 1.57. The zero-order chi connectivity index (χ0) is 14.5. The number of carbonyl (C=O) groups is 2. The van der Waals surface area contributed by atoms with E-state index < -0.39 is 12.0 Å². The third-order valence-corrected chi connectivity index (χ3v) is 4.34. The van der Waals surface area contributed by atoms with Gasteiger partial charge in [-0.1, -0.05) is 0 Å². The lowest BCUT2D eigenvalue weighted by atomic mass is 9.93. The molecule has 20 heavy (non-hydrogen) atoms. The number of carboxylic acids is 1. The average Bonchev–Trinajstić information content (AvgIpc) is 2.80. The normalized spacial score (nSPS) is 16.4. The highest BCUT2D eigenvalue weighted by Crippen LogP contribution is 2.32. The molecule has 1 heterocycles. The highest BCUT2D eigenvalue weighted by molar-refractivity contribution is 7.98. The second kappa shape index (κ2) is 6.83. The molecule has 1 unspecified atom stereocenters. The molecule has 2 N–H and O–H groups in total. The Morgan fingerprint density at radius 2 is 2.30 bits per heavy atom. The van der Waals surface area contributed by atoms with Gasteiger partial charge in [-0.2, -0.15) is 11.8 Å². The molecule has 0 aliphatic heterocycles. The van der Waals surface area contributed by atoms with E-state index in [1.807, 2.05) is 23.1 Å². The zero-order valence-corrected chi connectivity index (χ0v) is 12.4. The second-order valence-electron chi connectivity index (χ2n) is 5.03. The van der Waals surface area contributed by atoms with Crippen LogP contribution in [0, 0.1) is 0 Å². The van der Waals surface area contributed by atoms with Crippen molar-refractivity contribution in [3.8, 4) is 0 Å². The van der Waals surface area contributed by atoms with Crippen molar-refractivity contribution >= 4 is 23.6 Å². The zero-order valence-electron chi connectivity index (χ0n) is 11.5. The van der Waals surface area contributed by atoms with Crippen LogP contribution in [0.25, 0.3) is 0 Å². The van der Waals surface area contributed by atoms with Gasteiger partial charge in [0.05, 0.1) is 0 Å². The van der Waals surface area contributed by atoms with E-state index in [1.54, 1.807) is 17.8 Å². The standard InChI is InChI=1S/C14H20N2O3S/c1-20-9-7-11(14(18)19)15-13(17)12-6-3-8-16(12)10-4-2-5-10/h3,6,8,10-11H,2,4-5,7,9H2,1H3,(H,15,17)(H,18,19). The molecule has 6 heteroatoms. The molecule has 110 valence electrons. The fourth-order valence-corrected chi connectivity index (χ4v) is 2.77. The van der Waals surface area contributed by atoms with E-state index in [0.29, 0.717) is 23.9 Å². The van der Waals surface area contributed by atoms with Crippen LogP contribution in [0.1, 0.15) is 42.2 Å². The van der Waals surface area contributed by atoms with Crippen LogP contribution >= 0.6 is 11.8 Å². The van der Waals surface area contributed by atoms with Gasteiger partial charge in [0.15, 0.2) is 0 Å². The minimum Gasteiger partial charge on any atom is -0.480 e. The molecule has 2 rings (SSSR count). The van der Waals surface area contributed by atoms with Crippen LogP contribution in [0.3, 0.4) is 0 Å². The van der Waals surface area contributed by atoms with E-state index in [4.69, 9.17) is 5.11 Å². The van der Waals surface area contributed by atoms with E-state index in [2.05, 4.69) is 5.32 Å². The average molecular weight is 296 g/mol. The van der Waals surface area contributed by atoms with Crippen LogP contribution in [0.2, 0.25) is 0 Å². The van der Waals surface area contributed by atoms with Crippen LogP contribution in [0.15, 0.2) is 18.3 Å². The number of thioether (sulfide) groups is 1. The quantitative estimate of drug-likeness (QED) is 0.809. The van der Waals surface area contributed by atoms with E-state index in [1.165, 1.54) is 6.42 Å². The molecule has 0 radical (unpaired) electrons. The van der Waals surface area contributed by atoms with Crippen molar-refractivity contribution in [2.45, 2.75) is 37.8 Å². The lowest BCUT2D eigenvalue weighted by Crippen LogP contribution is -2.42. The largest absolute Gasteiger partial charge is 0.480 e. The first-order chi connectivity index (χ1) is 9.63. The predicted octanol–water partition coefficient (Wildman–Crippen LogP) is 2.15. The summed E-state index contributed by atoms with van der Waals surface area (Å²) in [6, 6.07) is 3.16. The van der Waals surface area contributed by atoms with Crippen molar-refractivity contribution in [2.75, 3.05) is 12.0 Å². The molecule has 0 saturated heterocycles. The molecular weight excluding hydrogens is 276 g/mol. The lowest BCUT2D eigenvalue weighted by Gasteiger charge is -2.29. The summed E-state index contributed by atoms with van der Waals surface area (Å²) in [5.74, 6) is -0.564. The number of nitrogens with zero attached hydrogens (tertiary/aromatic N) is 1. The van der Waals surface area contributed by atoms with Crippen LogP contribution in [0.4, 0.5) is 0 Å². The smallest absolute Gasteiger partial charge is 0.326 e. The Labute approximate surface area is 122 Å². The molecule has 1 amide bonds. The number of carbonyl (C=O) groups excluding carboxylic acids is 1. The van der Waals surface area contributed by atoms with Crippen molar-refractivity contribution in [3.63, 3.8) is 0 Å². The van der Waals surface area contributed by atoms with Crippen molar-refractivity contribution in [1.29, 1.82) is 0 Å². The highest BCUT2D eigenvalue weighted by Gasteiger charge is 2.25. The molecular formula is C14H20N2O3S. The summed E-state index contributed by atoms with van der Waals surface area (Å²) < 4.78 is 1.96. The summed E-state index contributed by atoms with van der Waals surface area (Å²) in [5.41, 5.74) is 0.560. The number of nitrogens with one attached hydrogen (secondary N) is 1. The van der Waals surface area contributed by atoms with Gasteiger partial charge >= 0.3 is 5.97 Å². The number of hydrogen-bond donors (Lipinski definition) is 2. The maximum Gasteiger partial charge on any atom is 0.326 e. The van der Waals surface area contributed by atoms with E-state index in [9.17, 15) is 9.59 Å². The number of amides is 1.